The Labute approximate surface area is 168 Å². The molecule has 2 aromatic carbocycles. The number of ether oxygens (including phenoxy) is 1. The Hall–Kier alpha value is -2.83. The molecule has 1 amide bonds. The summed E-state index contributed by atoms with van der Waals surface area (Å²) in [5, 5.41) is 9.94. The molecule has 7 heteroatoms. The van der Waals surface area contributed by atoms with E-state index in [1.807, 2.05) is 38.1 Å². The number of carbonyl (C=O) groups excluding carboxylic acids is 1. The highest BCUT2D eigenvalue weighted by Crippen LogP contribution is 2.34. The van der Waals surface area contributed by atoms with Crippen LogP contribution >= 0.6 is 0 Å². The smallest absolute Gasteiger partial charge is 0.417 e. The number of rotatable bonds is 9. The summed E-state index contributed by atoms with van der Waals surface area (Å²) in [6.07, 6.45) is -3.18. The van der Waals surface area contributed by atoms with Gasteiger partial charge in [0, 0.05) is 18.3 Å². The predicted octanol–water partition coefficient (Wildman–Crippen LogP) is 4.92. The van der Waals surface area contributed by atoms with Crippen LogP contribution in [-0.4, -0.2) is 24.8 Å². The van der Waals surface area contributed by atoms with E-state index in [0.717, 1.165) is 17.2 Å². The average molecular weight is 406 g/mol. The molecule has 0 bridgehead atoms. The summed E-state index contributed by atoms with van der Waals surface area (Å²) in [6.45, 7) is 4.28. The van der Waals surface area contributed by atoms with Crippen LogP contribution in [0, 0.1) is 12.3 Å². The maximum absolute atomic E-state index is 13.2. The lowest BCUT2D eigenvalue weighted by Crippen LogP contribution is -2.39. The fourth-order valence-corrected chi connectivity index (χ4v) is 2.85. The number of hydrogen-bond donors (Lipinski definition) is 2. The second-order valence-electron chi connectivity index (χ2n) is 6.81. The van der Waals surface area contributed by atoms with E-state index in [1.54, 1.807) is 0 Å². The van der Waals surface area contributed by atoms with Gasteiger partial charge >= 0.3 is 6.18 Å². The lowest BCUT2D eigenvalue weighted by atomic mass is 10.1. The van der Waals surface area contributed by atoms with Gasteiger partial charge in [-0.1, -0.05) is 43.2 Å². The minimum Gasteiger partial charge on any atom is -0.481 e. The van der Waals surface area contributed by atoms with Crippen LogP contribution in [-0.2, 0) is 17.4 Å². The predicted molar refractivity (Wildman–Crippen MR) is 107 cm³/mol. The van der Waals surface area contributed by atoms with E-state index in [-0.39, 0.29) is 17.2 Å². The van der Waals surface area contributed by atoms with E-state index in [0.29, 0.717) is 32.0 Å². The Morgan fingerprint density at radius 1 is 1.21 bits per heavy atom. The molecule has 0 radical (unpaired) electrons. The lowest BCUT2D eigenvalue weighted by Gasteiger charge is -2.20. The highest BCUT2D eigenvalue weighted by Gasteiger charge is 2.33. The number of benzene rings is 2. The minimum absolute atomic E-state index is 0.0462. The van der Waals surface area contributed by atoms with Gasteiger partial charge in [-0.2, -0.15) is 13.2 Å². The molecule has 0 fully saturated rings. The van der Waals surface area contributed by atoms with Gasteiger partial charge in [0.15, 0.2) is 6.10 Å². The van der Waals surface area contributed by atoms with Crippen molar-refractivity contribution in [3.05, 3.63) is 64.7 Å². The number of aryl methyl sites for hydroxylation is 1. The number of carbonyl (C=O) groups is 1. The van der Waals surface area contributed by atoms with Crippen molar-refractivity contribution in [2.45, 2.75) is 45.4 Å². The van der Waals surface area contributed by atoms with E-state index in [2.05, 4.69) is 5.32 Å². The van der Waals surface area contributed by atoms with Crippen LogP contribution < -0.4 is 10.1 Å². The van der Waals surface area contributed by atoms with Crippen LogP contribution in [0.5, 0.6) is 5.75 Å². The Kier molecular flexibility index (Phi) is 7.82. The zero-order chi connectivity index (χ0) is 21.4. The third-order valence-corrected chi connectivity index (χ3v) is 4.44. The van der Waals surface area contributed by atoms with Gasteiger partial charge < -0.3 is 15.5 Å². The van der Waals surface area contributed by atoms with Crippen molar-refractivity contribution < 1.29 is 22.7 Å². The highest BCUT2D eigenvalue weighted by atomic mass is 19.4. The first-order valence-electron chi connectivity index (χ1n) is 9.46. The van der Waals surface area contributed by atoms with Gasteiger partial charge in [0.05, 0.1) is 5.56 Å². The van der Waals surface area contributed by atoms with Gasteiger partial charge in [0.1, 0.15) is 5.75 Å². The molecule has 156 valence electrons. The van der Waals surface area contributed by atoms with Crippen molar-refractivity contribution in [1.82, 2.24) is 5.32 Å². The summed E-state index contributed by atoms with van der Waals surface area (Å²) in [5.74, 6) is -0.404. The third kappa shape index (κ3) is 6.62. The van der Waals surface area contributed by atoms with Crippen LogP contribution in [0.1, 0.15) is 42.0 Å². The molecule has 0 aliphatic rings. The van der Waals surface area contributed by atoms with Crippen molar-refractivity contribution in [3.63, 3.8) is 0 Å². The summed E-state index contributed by atoms with van der Waals surface area (Å²) >= 11 is 0. The largest absolute Gasteiger partial charge is 0.481 e. The zero-order valence-electron chi connectivity index (χ0n) is 16.5. The molecule has 0 saturated heterocycles. The van der Waals surface area contributed by atoms with Crippen LogP contribution in [0.15, 0.2) is 42.5 Å². The van der Waals surface area contributed by atoms with Crippen molar-refractivity contribution in [1.29, 1.82) is 5.41 Å². The molecule has 0 heterocycles. The van der Waals surface area contributed by atoms with E-state index < -0.39 is 17.8 Å². The van der Waals surface area contributed by atoms with E-state index in [1.165, 1.54) is 12.1 Å². The molecule has 1 unspecified atom stereocenters. The van der Waals surface area contributed by atoms with Crippen molar-refractivity contribution in [2.75, 3.05) is 6.54 Å². The standard InChI is InChI=1S/C22H25F3N2O2/c1-3-4-20(21(28)27-12-11-16-7-5-15(2)6-8-16)29-18-10-9-17(14-26)19(13-18)22(23,24)25/h5-10,13-14,20,26H,3-4,11-12H2,1-2H3,(H,27,28). The normalized spacial score (nSPS) is 12.3. The van der Waals surface area contributed by atoms with Gasteiger partial charge in [-0.05, 0) is 43.5 Å². The Morgan fingerprint density at radius 3 is 2.48 bits per heavy atom. The first kappa shape index (κ1) is 22.5. The number of hydrogen-bond acceptors (Lipinski definition) is 3. The highest BCUT2D eigenvalue weighted by molar-refractivity contribution is 5.81. The maximum Gasteiger partial charge on any atom is 0.417 e. The van der Waals surface area contributed by atoms with Gasteiger partial charge in [0.2, 0.25) is 0 Å². The van der Waals surface area contributed by atoms with Crippen LogP contribution in [0.25, 0.3) is 0 Å². The monoisotopic (exact) mass is 406 g/mol. The molecular weight excluding hydrogens is 381 g/mol. The van der Waals surface area contributed by atoms with E-state index in [4.69, 9.17) is 10.1 Å². The summed E-state index contributed by atoms with van der Waals surface area (Å²) in [5.41, 5.74) is 1.03. The van der Waals surface area contributed by atoms with Crippen LogP contribution in [0.2, 0.25) is 0 Å². The number of nitrogens with one attached hydrogen (secondary N) is 2. The zero-order valence-corrected chi connectivity index (χ0v) is 16.5. The SMILES string of the molecule is CCCC(Oc1ccc(C=N)c(C(F)(F)F)c1)C(=O)NCCc1ccc(C)cc1. The molecule has 0 aromatic heterocycles. The molecule has 0 spiro atoms. The number of amides is 1. The average Bonchev–Trinajstić information content (AvgIpc) is 2.68. The molecule has 0 saturated carbocycles. The summed E-state index contributed by atoms with van der Waals surface area (Å²) < 4.78 is 45.1. The molecule has 2 N–H and O–H groups in total. The van der Waals surface area contributed by atoms with Gasteiger partial charge in [-0.3, -0.25) is 4.79 Å². The quantitative estimate of drug-likeness (QED) is 0.581. The molecule has 1 atom stereocenters. The van der Waals surface area contributed by atoms with Crippen LogP contribution in [0.3, 0.4) is 0 Å². The summed E-state index contributed by atoms with van der Waals surface area (Å²) in [6, 6.07) is 11.3. The van der Waals surface area contributed by atoms with Crippen molar-refractivity contribution in [3.8, 4) is 5.75 Å². The maximum atomic E-state index is 13.2. The fourth-order valence-electron chi connectivity index (χ4n) is 2.85. The molecule has 0 aliphatic heterocycles. The first-order chi connectivity index (χ1) is 13.7. The molecule has 2 rings (SSSR count). The molecular formula is C22H25F3N2O2. The second-order valence-corrected chi connectivity index (χ2v) is 6.81. The Morgan fingerprint density at radius 2 is 1.90 bits per heavy atom. The Bertz CT molecular complexity index is 833. The van der Waals surface area contributed by atoms with Gasteiger partial charge in [-0.15, -0.1) is 0 Å². The summed E-state index contributed by atoms with van der Waals surface area (Å²) in [4.78, 5) is 12.5. The van der Waals surface area contributed by atoms with Crippen molar-refractivity contribution >= 4 is 12.1 Å². The van der Waals surface area contributed by atoms with Gasteiger partial charge in [0.25, 0.3) is 5.91 Å². The topological polar surface area (TPSA) is 62.2 Å². The number of halogens is 3. The molecule has 2 aromatic rings. The van der Waals surface area contributed by atoms with E-state index >= 15 is 0 Å². The summed E-state index contributed by atoms with van der Waals surface area (Å²) in [7, 11) is 0. The van der Waals surface area contributed by atoms with E-state index in [9.17, 15) is 18.0 Å². The number of alkyl halides is 3. The fraction of sp³-hybridized carbons (Fsp3) is 0.364. The lowest BCUT2D eigenvalue weighted by molar-refractivity contribution is -0.137. The van der Waals surface area contributed by atoms with Gasteiger partial charge in [-0.25, -0.2) is 0 Å². The molecule has 0 aliphatic carbocycles. The molecule has 4 nitrogen and oxygen atoms in total. The first-order valence-corrected chi connectivity index (χ1v) is 9.46. The van der Waals surface area contributed by atoms with Crippen molar-refractivity contribution in [2.24, 2.45) is 0 Å². The minimum atomic E-state index is -4.61. The second kappa shape index (κ2) is 10.1. The molecule has 29 heavy (non-hydrogen) atoms. The van der Waals surface area contributed by atoms with Crippen LogP contribution in [0.4, 0.5) is 13.2 Å². The Balaban J connectivity index is 2.04. The third-order valence-electron chi connectivity index (χ3n) is 4.44.